The van der Waals surface area contributed by atoms with Crippen molar-refractivity contribution in [2.24, 2.45) is 0 Å². The first-order valence-corrected chi connectivity index (χ1v) is 4.94. The third-order valence-electron chi connectivity index (χ3n) is 2.90. The van der Waals surface area contributed by atoms with Gasteiger partial charge in [0.05, 0.1) is 4.92 Å². The molecule has 0 N–H and O–H groups in total. The van der Waals surface area contributed by atoms with Gasteiger partial charge in [-0.3, -0.25) is 10.1 Å². The van der Waals surface area contributed by atoms with Gasteiger partial charge < -0.3 is 4.42 Å². The van der Waals surface area contributed by atoms with E-state index in [9.17, 15) is 10.1 Å². The molecule has 3 rings (SSSR count). The number of hydrogen-bond acceptors (Lipinski definition) is 3. The van der Waals surface area contributed by atoms with E-state index in [0.717, 1.165) is 41.6 Å². The summed E-state index contributed by atoms with van der Waals surface area (Å²) in [5, 5.41) is 11.6. The zero-order chi connectivity index (χ0) is 10.4. The predicted octanol–water partition coefficient (Wildman–Crippen LogP) is 2.83. The number of aryl methyl sites for hydroxylation is 2. The van der Waals surface area contributed by atoms with Crippen molar-refractivity contribution in [2.45, 2.75) is 19.3 Å². The van der Waals surface area contributed by atoms with Crippen LogP contribution in [0.15, 0.2) is 22.6 Å². The summed E-state index contributed by atoms with van der Waals surface area (Å²) in [5.41, 5.74) is 2.07. The summed E-state index contributed by atoms with van der Waals surface area (Å²) < 4.78 is 5.62. The summed E-state index contributed by atoms with van der Waals surface area (Å²) in [5.74, 6) is 1.01. The van der Waals surface area contributed by atoms with E-state index in [1.165, 1.54) is 6.07 Å². The van der Waals surface area contributed by atoms with Gasteiger partial charge in [0.1, 0.15) is 11.3 Å². The zero-order valence-corrected chi connectivity index (χ0v) is 8.03. The molecule has 0 radical (unpaired) electrons. The van der Waals surface area contributed by atoms with Crippen LogP contribution in [0.25, 0.3) is 11.0 Å². The van der Waals surface area contributed by atoms with Crippen molar-refractivity contribution < 1.29 is 9.34 Å². The molecule has 0 saturated carbocycles. The smallest absolute Gasteiger partial charge is 0.270 e. The Balaban J connectivity index is 2.29. The monoisotopic (exact) mass is 203 g/mol. The van der Waals surface area contributed by atoms with Crippen LogP contribution < -0.4 is 0 Å². The first-order chi connectivity index (χ1) is 7.25. The summed E-state index contributed by atoms with van der Waals surface area (Å²) in [6.07, 6.45) is 3.02. The third-order valence-corrected chi connectivity index (χ3v) is 2.90. The Kier molecular flexibility index (Phi) is 1.59. The third kappa shape index (κ3) is 1.14. The van der Waals surface area contributed by atoms with Gasteiger partial charge in [-0.2, -0.15) is 0 Å². The Morgan fingerprint density at radius 3 is 3.00 bits per heavy atom. The van der Waals surface area contributed by atoms with Crippen LogP contribution in [-0.2, 0) is 12.8 Å². The topological polar surface area (TPSA) is 56.3 Å². The van der Waals surface area contributed by atoms with E-state index in [-0.39, 0.29) is 10.6 Å². The molecule has 0 aliphatic heterocycles. The number of non-ortho nitro benzene ring substituents is 1. The molecular formula is C11H9NO3. The molecule has 0 spiro atoms. The molecule has 0 amide bonds. The first-order valence-electron chi connectivity index (χ1n) is 4.94. The van der Waals surface area contributed by atoms with Crippen LogP contribution in [0, 0.1) is 10.1 Å². The summed E-state index contributed by atoms with van der Waals surface area (Å²) in [6.45, 7) is 0. The Labute approximate surface area is 85.6 Å². The normalized spacial score (nSPS) is 14.4. The Morgan fingerprint density at radius 2 is 2.20 bits per heavy atom. The number of fused-ring (bicyclic) bond motifs is 3. The quantitative estimate of drug-likeness (QED) is 0.529. The Morgan fingerprint density at radius 1 is 1.33 bits per heavy atom. The highest BCUT2D eigenvalue weighted by Gasteiger charge is 2.20. The largest absolute Gasteiger partial charge is 0.461 e. The average molecular weight is 203 g/mol. The zero-order valence-electron chi connectivity index (χ0n) is 8.03. The highest BCUT2D eigenvalue weighted by molar-refractivity contribution is 5.85. The lowest BCUT2D eigenvalue weighted by Crippen LogP contribution is -1.87. The highest BCUT2D eigenvalue weighted by Crippen LogP contribution is 2.34. The van der Waals surface area contributed by atoms with Crippen molar-refractivity contribution in [3.8, 4) is 0 Å². The minimum atomic E-state index is -0.367. The minimum absolute atomic E-state index is 0.137. The van der Waals surface area contributed by atoms with Gasteiger partial charge in [0.25, 0.3) is 5.69 Å². The molecule has 76 valence electrons. The van der Waals surface area contributed by atoms with Crippen LogP contribution in [0.2, 0.25) is 0 Å². The molecule has 15 heavy (non-hydrogen) atoms. The number of hydrogen-bond donors (Lipinski definition) is 0. The van der Waals surface area contributed by atoms with E-state index < -0.39 is 0 Å². The standard InChI is InChI=1S/C11H9NO3/c13-12(14)7-4-5-11-9(6-7)8-2-1-3-10(8)15-11/h4-6H,1-3H2. The predicted molar refractivity (Wildman–Crippen MR) is 54.9 cm³/mol. The van der Waals surface area contributed by atoms with Crippen LogP contribution in [0.4, 0.5) is 5.69 Å². The van der Waals surface area contributed by atoms with E-state index in [1.807, 2.05) is 0 Å². The molecule has 0 unspecified atom stereocenters. The number of furan rings is 1. The molecule has 4 nitrogen and oxygen atoms in total. The van der Waals surface area contributed by atoms with E-state index >= 15 is 0 Å². The molecule has 0 saturated heterocycles. The molecule has 1 aliphatic rings. The summed E-state index contributed by atoms with van der Waals surface area (Å²) >= 11 is 0. The molecule has 1 aliphatic carbocycles. The number of nitro groups is 1. The molecule has 0 bridgehead atoms. The van der Waals surface area contributed by atoms with Gasteiger partial charge in [0.15, 0.2) is 0 Å². The molecule has 1 aromatic heterocycles. The van der Waals surface area contributed by atoms with Crippen molar-refractivity contribution in [2.75, 3.05) is 0 Å². The molecule has 0 fully saturated rings. The van der Waals surface area contributed by atoms with Gasteiger partial charge in [0.2, 0.25) is 0 Å². The highest BCUT2D eigenvalue weighted by atomic mass is 16.6. The molecule has 1 heterocycles. The lowest BCUT2D eigenvalue weighted by atomic mass is 10.1. The maximum atomic E-state index is 10.6. The van der Waals surface area contributed by atoms with E-state index in [2.05, 4.69) is 0 Å². The second kappa shape index (κ2) is 2.82. The van der Waals surface area contributed by atoms with Crippen LogP contribution >= 0.6 is 0 Å². The second-order valence-corrected chi connectivity index (χ2v) is 3.79. The van der Waals surface area contributed by atoms with Crippen molar-refractivity contribution in [1.82, 2.24) is 0 Å². The molecule has 2 aromatic rings. The average Bonchev–Trinajstić information content (AvgIpc) is 2.75. The summed E-state index contributed by atoms with van der Waals surface area (Å²) in [7, 11) is 0. The lowest BCUT2D eigenvalue weighted by molar-refractivity contribution is -0.384. The van der Waals surface area contributed by atoms with Crippen molar-refractivity contribution in [1.29, 1.82) is 0 Å². The number of benzene rings is 1. The van der Waals surface area contributed by atoms with Crippen LogP contribution in [0.1, 0.15) is 17.7 Å². The fraction of sp³-hybridized carbons (Fsp3) is 0.273. The maximum Gasteiger partial charge on any atom is 0.270 e. The van der Waals surface area contributed by atoms with Crippen molar-refractivity contribution >= 4 is 16.7 Å². The Bertz CT molecular complexity index is 556. The van der Waals surface area contributed by atoms with Crippen LogP contribution in [-0.4, -0.2) is 4.92 Å². The van der Waals surface area contributed by atoms with Gasteiger partial charge in [-0.25, -0.2) is 0 Å². The van der Waals surface area contributed by atoms with Gasteiger partial charge in [-0.15, -0.1) is 0 Å². The molecule has 0 atom stereocenters. The van der Waals surface area contributed by atoms with Gasteiger partial charge in [-0.1, -0.05) is 0 Å². The lowest BCUT2D eigenvalue weighted by Gasteiger charge is -1.93. The summed E-state index contributed by atoms with van der Waals surface area (Å²) in [4.78, 5) is 10.3. The Hall–Kier alpha value is -1.84. The maximum absolute atomic E-state index is 10.6. The number of rotatable bonds is 1. The molecular weight excluding hydrogens is 194 g/mol. The number of nitro benzene ring substituents is 1. The van der Waals surface area contributed by atoms with E-state index in [4.69, 9.17) is 4.42 Å². The molecule has 4 heteroatoms. The van der Waals surface area contributed by atoms with Gasteiger partial charge in [0, 0.05) is 29.5 Å². The SMILES string of the molecule is O=[N+]([O-])c1ccc2oc3c(c2c1)CCC3. The molecule has 1 aromatic carbocycles. The van der Waals surface area contributed by atoms with Crippen molar-refractivity contribution in [3.63, 3.8) is 0 Å². The van der Waals surface area contributed by atoms with E-state index in [0.29, 0.717) is 0 Å². The van der Waals surface area contributed by atoms with Gasteiger partial charge in [-0.05, 0) is 18.9 Å². The fourth-order valence-electron chi connectivity index (χ4n) is 2.20. The fourth-order valence-corrected chi connectivity index (χ4v) is 2.20. The van der Waals surface area contributed by atoms with Crippen LogP contribution in [0.3, 0.4) is 0 Å². The van der Waals surface area contributed by atoms with Crippen LogP contribution in [0.5, 0.6) is 0 Å². The number of nitrogens with zero attached hydrogens (tertiary/aromatic N) is 1. The minimum Gasteiger partial charge on any atom is -0.461 e. The first kappa shape index (κ1) is 8.47. The second-order valence-electron chi connectivity index (χ2n) is 3.79. The van der Waals surface area contributed by atoms with E-state index in [1.54, 1.807) is 12.1 Å². The van der Waals surface area contributed by atoms with Gasteiger partial charge >= 0.3 is 0 Å². The summed E-state index contributed by atoms with van der Waals surface area (Å²) in [6, 6.07) is 4.79. The van der Waals surface area contributed by atoms with Crippen molar-refractivity contribution in [3.05, 3.63) is 39.6 Å².